The topological polar surface area (TPSA) is 60.3 Å². The van der Waals surface area contributed by atoms with Crippen molar-refractivity contribution >= 4 is 33.1 Å². The van der Waals surface area contributed by atoms with E-state index in [4.69, 9.17) is 4.74 Å². The number of rotatable bonds is 5. The number of hydrogen-bond acceptors (Lipinski definition) is 4. The molecule has 0 spiro atoms. The van der Waals surface area contributed by atoms with E-state index in [9.17, 15) is 9.59 Å². The lowest BCUT2D eigenvalue weighted by Crippen LogP contribution is -2.12. The first-order valence-electron chi connectivity index (χ1n) is 8.01. The zero-order valence-electron chi connectivity index (χ0n) is 14.5. The third kappa shape index (κ3) is 3.74. The molecule has 130 valence electrons. The Morgan fingerprint density at radius 2 is 2.04 bits per heavy atom. The molecule has 1 N–H and O–H groups in total. The van der Waals surface area contributed by atoms with Crippen LogP contribution in [0.3, 0.4) is 0 Å². The second kappa shape index (κ2) is 7.11. The number of thiazole rings is 1. The Morgan fingerprint density at radius 3 is 2.76 bits per heavy atom. The van der Waals surface area contributed by atoms with E-state index in [0.717, 1.165) is 27.1 Å². The molecule has 0 saturated heterocycles. The molecule has 6 heteroatoms. The molecule has 1 heterocycles. The Kier molecular flexibility index (Phi) is 4.90. The number of carbonyl (C=O) groups is 1. The minimum atomic E-state index is -0.0453. The summed E-state index contributed by atoms with van der Waals surface area (Å²) in [5, 5.41) is 2.90. The lowest BCUT2D eigenvalue weighted by Gasteiger charge is -2.08. The van der Waals surface area contributed by atoms with Gasteiger partial charge in [-0.2, -0.15) is 0 Å². The molecule has 0 radical (unpaired) electrons. The van der Waals surface area contributed by atoms with Gasteiger partial charge in [0.15, 0.2) is 0 Å². The van der Waals surface area contributed by atoms with E-state index in [1.54, 1.807) is 18.7 Å². The number of amides is 1. The standard InChI is InChI=1S/C19H20N2O3S/c1-12-10-13(4-8-16(12)24-3)5-9-18(22)20-14-6-7-15-17(11-14)25-19(23)21(15)2/h4,6-8,10-11H,5,9H2,1-3H3,(H,20,22). The van der Waals surface area contributed by atoms with Gasteiger partial charge < -0.3 is 14.6 Å². The summed E-state index contributed by atoms with van der Waals surface area (Å²) in [7, 11) is 3.39. The fraction of sp³-hybridized carbons (Fsp3) is 0.263. The minimum Gasteiger partial charge on any atom is -0.496 e. The van der Waals surface area contributed by atoms with Gasteiger partial charge in [-0.25, -0.2) is 0 Å². The number of aromatic nitrogens is 1. The highest BCUT2D eigenvalue weighted by Gasteiger charge is 2.08. The number of benzene rings is 2. The normalized spacial score (nSPS) is 10.8. The van der Waals surface area contributed by atoms with Gasteiger partial charge in [0, 0.05) is 19.2 Å². The Balaban J connectivity index is 1.64. The van der Waals surface area contributed by atoms with Crippen LogP contribution in [0, 0.1) is 6.92 Å². The number of nitrogens with zero attached hydrogens (tertiary/aromatic N) is 1. The first kappa shape index (κ1) is 17.2. The number of anilines is 1. The van der Waals surface area contributed by atoms with Crippen molar-refractivity contribution in [2.24, 2.45) is 7.05 Å². The van der Waals surface area contributed by atoms with Crippen LogP contribution >= 0.6 is 11.3 Å². The predicted molar refractivity (Wildman–Crippen MR) is 102 cm³/mol. The molecule has 5 nitrogen and oxygen atoms in total. The molecule has 0 bridgehead atoms. The largest absolute Gasteiger partial charge is 0.496 e. The summed E-state index contributed by atoms with van der Waals surface area (Å²) in [4.78, 5) is 23.9. The van der Waals surface area contributed by atoms with Gasteiger partial charge in [-0.05, 0) is 48.7 Å². The zero-order valence-corrected chi connectivity index (χ0v) is 15.3. The summed E-state index contributed by atoms with van der Waals surface area (Å²) in [6.07, 6.45) is 1.06. The first-order valence-corrected chi connectivity index (χ1v) is 8.82. The highest BCUT2D eigenvalue weighted by Crippen LogP contribution is 2.22. The number of nitrogens with one attached hydrogen (secondary N) is 1. The number of ether oxygens (including phenoxy) is 1. The van der Waals surface area contributed by atoms with Crippen molar-refractivity contribution in [1.29, 1.82) is 0 Å². The van der Waals surface area contributed by atoms with Crippen LogP contribution in [0.4, 0.5) is 5.69 Å². The van der Waals surface area contributed by atoms with Crippen LogP contribution in [0.2, 0.25) is 0 Å². The van der Waals surface area contributed by atoms with Crippen molar-refractivity contribution in [3.05, 3.63) is 57.2 Å². The Hall–Kier alpha value is -2.60. The van der Waals surface area contributed by atoms with Gasteiger partial charge in [-0.15, -0.1) is 0 Å². The van der Waals surface area contributed by atoms with Crippen LogP contribution in [0.5, 0.6) is 5.75 Å². The Bertz CT molecular complexity index is 988. The van der Waals surface area contributed by atoms with E-state index in [2.05, 4.69) is 5.32 Å². The second-order valence-electron chi connectivity index (χ2n) is 5.96. The lowest BCUT2D eigenvalue weighted by atomic mass is 10.1. The zero-order chi connectivity index (χ0) is 18.0. The maximum Gasteiger partial charge on any atom is 0.307 e. The molecule has 0 atom stereocenters. The Morgan fingerprint density at radius 1 is 1.24 bits per heavy atom. The predicted octanol–water partition coefficient (Wildman–Crippen LogP) is 3.49. The number of hydrogen-bond donors (Lipinski definition) is 1. The van der Waals surface area contributed by atoms with Crippen molar-refractivity contribution in [2.75, 3.05) is 12.4 Å². The highest BCUT2D eigenvalue weighted by atomic mass is 32.1. The molecule has 1 amide bonds. The number of methoxy groups -OCH3 is 1. The molecular weight excluding hydrogens is 336 g/mol. The summed E-state index contributed by atoms with van der Waals surface area (Å²) in [5.74, 6) is 0.805. The third-order valence-electron chi connectivity index (χ3n) is 4.18. The summed E-state index contributed by atoms with van der Waals surface area (Å²) in [6.45, 7) is 1.99. The fourth-order valence-electron chi connectivity index (χ4n) is 2.79. The van der Waals surface area contributed by atoms with Gasteiger partial charge in [0.1, 0.15) is 5.75 Å². The van der Waals surface area contributed by atoms with Crippen LogP contribution in [0.1, 0.15) is 17.5 Å². The van der Waals surface area contributed by atoms with E-state index in [0.29, 0.717) is 18.5 Å². The maximum absolute atomic E-state index is 12.2. The molecular formula is C19H20N2O3S. The van der Waals surface area contributed by atoms with E-state index in [1.807, 2.05) is 43.3 Å². The van der Waals surface area contributed by atoms with Crippen molar-refractivity contribution in [3.8, 4) is 5.75 Å². The van der Waals surface area contributed by atoms with Crippen LogP contribution in [-0.2, 0) is 18.3 Å². The molecule has 1 aromatic heterocycles. The number of fused-ring (bicyclic) bond motifs is 1. The van der Waals surface area contributed by atoms with Crippen molar-refractivity contribution < 1.29 is 9.53 Å². The van der Waals surface area contributed by atoms with Crippen molar-refractivity contribution in [2.45, 2.75) is 19.8 Å². The van der Waals surface area contributed by atoms with Gasteiger partial charge >= 0.3 is 4.87 Å². The molecule has 3 rings (SSSR count). The summed E-state index contributed by atoms with van der Waals surface area (Å²) in [5.41, 5.74) is 3.75. The molecule has 25 heavy (non-hydrogen) atoms. The van der Waals surface area contributed by atoms with E-state index < -0.39 is 0 Å². The van der Waals surface area contributed by atoms with Crippen LogP contribution < -0.4 is 14.9 Å². The van der Waals surface area contributed by atoms with Crippen LogP contribution in [-0.4, -0.2) is 17.6 Å². The third-order valence-corrected chi connectivity index (χ3v) is 5.17. The quantitative estimate of drug-likeness (QED) is 0.761. The molecule has 0 fully saturated rings. The average molecular weight is 356 g/mol. The summed E-state index contributed by atoms with van der Waals surface area (Å²) in [6, 6.07) is 11.5. The molecule has 0 aliphatic heterocycles. The Labute approximate surface area is 149 Å². The lowest BCUT2D eigenvalue weighted by molar-refractivity contribution is -0.116. The molecule has 0 aliphatic carbocycles. The van der Waals surface area contributed by atoms with Gasteiger partial charge in [-0.1, -0.05) is 23.5 Å². The molecule has 2 aromatic carbocycles. The molecule has 3 aromatic rings. The van der Waals surface area contributed by atoms with E-state index in [1.165, 1.54) is 11.3 Å². The van der Waals surface area contributed by atoms with Crippen molar-refractivity contribution in [1.82, 2.24) is 4.57 Å². The van der Waals surface area contributed by atoms with E-state index in [-0.39, 0.29) is 10.8 Å². The fourth-order valence-corrected chi connectivity index (χ4v) is 3.71. The molecule has 0 aliphatic rings. The molecule has 0 unspecified atom stereocenters. The van der Waals surface area contributed by atoms with Crippen molar-refractivity contribution in [3.63, 3.8) is 0 Å². The first-order chi connectivity index (χ1) is 12.0. The van der Waals surface area contributed by atoms with Gasteiger partial charge in [0.2, 0.25) is 5.91 Å². The van der Waals surface area contributed by atoms with Crippen LogP contribution in [0.15, 0.2) is 41.2 Å². The smallest absolute Gasteiger partial charge is 0.307 e. The monoisotopic (exact) mass is 356 g/mol. The average Bonchev–Trinajstić information content (AvgIpc) is 2.87. The van der Waals surface area contributed by atoms with Gasteiger partial charge in [-0.3, -0.25) is 9.59 Å². The highest BCUT2D eigenvalue weighted by molar-refractivity contribution is 7.16. The van der Waals surface area contributed by atoms with E-state index >= 15 is 0 Å². The summed E-state index contributed by atoms with van der Waals surface area (Å²) < 4.78 is 7.73. The molecule has 0 saturated carbocycles. The number of carbonyl (C=O) groups excluding carboxylic acids is 1. The second-order valence-corrected chi connectivity index (χ2v) is 6.95. The van der Waals surface area contributed by atoms with Gasteiger partial charge in [0.25, 0.3) is 0 Å². The van der Waals surface area contributed by atoms with Gasteiger partial charge in [0.05, 0.1) is 17.3 Å². The summed E-state index contributed by atoms with van der Waals surface area (Å²) >= 11 is 1.18. The minimum absolute atomic E-state index is 0.00616. The SMILES string of the molecule is COc1ccc(CCC(=O)Nc2ccc3c(c2)sc(=O)n3C)cc1C. The maximum atomic E-state index is 12.2. The number of aryl methyl sites for hydroxylation is 3. The van der Waals surface area contributed by atoms with Crippen LogP contribution in [0.25, 0.3) is 10.2 Å².